The Morgan fingerprint density at radius 1 is 1.09 bits per heavy atom. The first kappa shape index (κ1) is 22.8. The summed E-state index contributed by atoms with van der Waals surface area (Å²) in [5.41, 5.74) is 8.21. The topological polar surface area (TPSA) is 83.8 Å². The Balaban J connectivity index is 1.67. The lowest BCUT2D eigenvalue weighted by Crippen LogP contribution is -2.15. The molecule has 1 unspecified atom stereocenters. The Hall–Kier alpha value is -3.37. The predicted molar refractivity (Wildman–Crippen MR) is 118 cm³/mol. The van der Waals surface area contributed by atoms with Gasteiger partial charge in [0.05, 0.1) is 28.6 Å². The molecule has 33 heavy (non-hydrogen) atoms. The van der Waals surface area contributed by atoms with E-state index in [0.717, 1.165) is 0 Å². The van der Waals surface area contributed by atoms with Gasteiger partial charge in [-0.3, -0.25) is 9.67 Å². The van der Waals surface area contributed by atoms with Gasteiger partial charge in [0, 0.05) is 54.7 Å². The van der Waals surface area contributed by atoms with Crippen LogP contribution in [0.3, 0.4) is 0 Å². The number of alkyl halides is 2. The molecule has 0 bridgehead atoms. The summed E-state index contributed by atoms with van der Waals surface area (Å²) in [4.78, 5) is 4.50. The molecule has 4 aromatic rings. The Morgan fingerprint density at radius 3 is 2.61 bits per heavy atom. The third-order valence-corrected chi connectivity index (χ3v) is 5.50. The molecule has 7 nitrogen and oxygen atoms in total. The van der Waals surface area contributed by atoms with Crippen molar-refractivity contribution in [1.29, 1.82) is 0 Å². The van der Waals surface area contributed by atoms with Crippen molar-refractivity contribution >= 4 is 17.3 Å². The largest absolute Gasteiger partial charge is 0.398 e. The zero-order chi connectivity index (χ0) is 23.5. The molecule has 172 valence electrons. The number of hydrogen-bond acceptors (Lipinski definition) is 5. The van der Waals surface area contributed by atoms with Gasteiger partial charge in [-0.2, -0.15) is 19.0 Å². The molecule has 0 aliphatic heterocycles. The van der Waals surface area contributed by atoms with Crippen molar-refractivity contribution in [3.63, 3.8) is 0 Å². The third-order valence-electron chi connectivity index (χ3n) is 5.21. The van der Waals surface area contributed by atoms with E-state index in [-0.39, 0.29) is 28.0 Å². The highest BCUT2D eigenvalue weighted by molar-refractivity contribution is 6.31. The van der Waals surface area contributed by atoms with E-state index in [1.807, 2.05) is 0 Å². The Morgan fingerprint density at radius 2 is 1.91 bits per heavy atom. The summed E-state index contributed by atoms with van der Waals surface area (Å²) < 4.78 is 48.4. The first-order valence-electron chi connectivity index (χ1n) is 9.95. The number of nitrogens with zero attached hydrogens (tertiary/aromatic N) is 5. The van der Waals surface area contributed by atoms with Crippen LogP contribution >= 0.6 is 11.6 Å². The molecule has 0 saturated carbocycles. The summed E-state index contributed by atoms with van der Waals surface area (Å²) in [6, 6.07) is 7.51. The Bertz CT molecular complexity index is 1240. The zero-order valence-electron chi connectivity index (χ0n) is 17.5. The molecule has 0 amide bonds. The van der Waals surface area contributed by atoms with Crippen LogP contribution in [0.1, 0.15) is 24.7 Å². The second kappa shape index (κ2) is 9.63. The summed E-state index contributed by atoms with van der Waals surface area (Å²) in [6.45, 7) is -2.36. The average molecular weight is 477 g/mol. The number of benzene rings is 1. The van der Waals surface area contributed by atoms with E-state index in [0.29, 0.717) is 34.5 Å². The maximum absolute atomic E-state index is 14.5. The van der Waals surface area contributed by atoms with Crippen LogP contribution in [0.15, 0.2) is 55.1 Å². The van der Waals surface area contributed by atoms with E-state index >= 15 is 0 Å². The quantitative estimate of drug-likeness (QED) is 0.353. The average Bonchev–Trinajstić information content (AvgIpc) is 3.48. The lowest BCUT2D eigenvalue weighted by molar-refractivity contribution is 0.0585. The Kier molecular flexibility index (Phi) is 6.66. The fourth-order valence-corrected chi connectivity index (χ4v) is 3.75. The zero-order valence-corrected chi connectivity index (χ0v) is 18.3. The van der Waals surface area contributed by atoms with Crippen LogP contribution < -0.4 is 5.73 Å². The molecule has 0 fully saturated rings. The van der Waals surface area contributed by atoms with Crippen molar-refractivity contribution in [2.45, 2.75) is 19.0 Å². The highest BCUT2D eigenvalue weighted by Gasteiger charge is 2.20. The SMILES string of the molecule is COCCC(c1ccc(-c2c(N)ccc(Cl)c2F)cn1)n1cc(-c2ccnn2C(F)F)cn1. The molecule has 0 saturated heterocycles. The van der Waals surface area contributed by atoms with Gasteiger partial charge in [0.25, 0.3) is 0 Å². The minimum absolute atomic E-state index is 0.0339. The monoisotopic (exact) mass is 476 g/mol. The smallest absolute Gasteiger partial charge is 0.333 e. The van der Waals surface area contributed by atoms with Crippen LogP contribution in [0.25, 0.3) is 22.4 Å². The fraction of sp³-hybridized carbons (Fsp3) is 0.227. The highest BCUT2D eigenvalue weighted by Crippen LogP contribution is 2.33. The number of methoxy groups -OCH3 is 1. The number of aromatic nitrogens is 5. The van der Waals surface area contributed by atoms with Gasteiger partial charge in [-0.25, -0.2) is 9.07 Å². The van der Waals surface area contributed by atoms with Crippen LogP contribution in [-0.2, 0) is 4.74 Å². The van der Waals surface area contributed by atoms with Crippen molar-refractivity contribution in [3.8, 4) is 22.4 Å². The molecule has 4 rings (SSSR count). The van der Waals surface area contributed by atoms with Crippen LogP contribution in [0.5, 0.6) is 0 Å². The molecule has 0 aliphatic carbocycles. The standard InChI is InChI=1S/C22H20ClF3N6O/c1-33-9-7-19(31-12-14(11-30-31)18-6-8-29-32(18)22(25)26)17-5-2-13(10-28-17)20-16(27)4-3-15(23)21(20)24/h2-6,8,10-12,19,22H,7,9,27H2,1H3. The second-order valence-electron chi connectivity index (χ2n) is 7.24. The van der Waals surface area contributed by atoms with Gasteiger partial charge in [0.2, 0.25) is 0 Å². The maximum atomic E-state index is 14.5. The minimum Gasteiger partial charge on any atom is -0.398 e. The van der Waals surface area contributed by atoms with Gasteiger partial charge >= 0.3 is 6.55 Å². The van der Waals surface area contributed by atoms with Gasteiger partial charge < -0.3 is 10.5 Å². The van der Waals surface area contributed by atoms with Gasteiger partial charge in [0.15, 0.2) is 5.82 Å². The minimum atomic E-state index is -2.77. The Labute approximate surface area is 192 Å². The van der Waals surface area contributed by atoms with Gasteiger partial charge in [0.1, 0.15) is 0 Å². The summed E-state index contributed by atoms with van der Waals surface area (Å²) in [5, 5.41) is 7.99. The van der Waals surface area contributed by atoms with Crippen molar-refractivity contribution in [2.24, 2.45) is 0 Å². The van der Waals surface area contributed by atoms with Crippen molar-refractivity contribution in [1.82, 2.24) is 24.5 Å². The number of nitrogens with two attached hydrogens (primary N) is 1. The van der Waals surface area contributed by atoms with Crippen molar-refractivity contribution in [2.75, 3.05) is 19.5 Å². The molecule has 11 heteroatoms. The first-order chi connectivity index (χ1) is 15.9. The molecule has 3 aromatic heterocycles. The number of nitrogen functional groups attached to an aromatic ring is 1. The lowest BCUT2D eigenvalue weighted by Gasteiger charge is -2.17. The molecule has 2 N–H and O–H groups in total. The molecular weight excluding hydrogens is 457 g/mol. The van der Waals surface area contributed by atoms with Crippen LogP contribution in [0, 0.1) is 5.82 Å². The summed E-state index contributed by atoms with van der Waals surface area (Å²) in [5.74, 6) is -0.616. The molecule has 1 atom stereocenters. The molecule has 0 radical (unpaired) electrons. The van der Waals surface area contributed by atoms with E-state index in [1.54, 1.807) is 30.1 Å². The number of hydrogen-bond donors (Lipinski definition) is 1. The van der Waals surface area contributed by atoms with E-state index < -0.39 is 12.4 Å². The number of pyridine rings is 1. The van der Waals surface area contributed by atoms with E-state index in [4.69, 9.17) is 22.1 Å². The summed E-state index contributed by atoms with van der Waals surface area (Å²) >= 11 is 5.90. The number of anilines is 1. The van der Waals surface area contributed by atoms with Crippen molar-refractivity contribution < 1.29 is 17.9 Å². The predicted octanol–water partition coefficient (Wildman–Crippen LogP) is 5.20. The van der Waals surface area contributed by atoms with E-state index in [9.17, 15) is 13.2 Å². The number of ether oxygens (including phenoxy) is 1. The highest BCUT2D eigenvalue weighted by atomic mass is 35.5. The van der Waals surface area contributed by atoms with Crippen LogP contribution in [0.2, 0.25) is 5.02 Å². The first-order valence-corrected chi connectivity index (χ1v) is 10.3. The van der Waals surface area contributed by atoms with Gasteiger partial charge in [-0.15, -0.1) is 0 Å². The van der Waals surface area contributed by atoms with E-state index in [2.05, 4.69) is 15.2 Å². The molecule has 3 heterocycles. The number of halogens is 4. The molecule has 1 aromatic carbocycles. The van der Waals surface area contributed by atoms with Crippen LogP contribution in [0.4, 0.5) is 18.9 Å². The lowest BCUT2D eigenvalue weighted by atomic mass is 10.0. The van der Waals surface area contributed by atoms with Gasteiger partial charge in [-0.1, -0.05) is 17.7 Å². The summed E-state index contributed by atoms with van der Waals surface area (Å²) in [7, 11) is 1.58. The van der Waals surface area contributed by atoms with Crippen molar-refractivity contribution in [3.05, 3.63) is 71.7 Å². The molecular formula is C22H20ClF3N6O. The normalized spacial score (nSPS) is 12.4. The second-order valence-corrected chi connectivity index (χ2v) is 7.65. The van der Waals surface area contributed by atoms with Gasteiger partial charge in [-0.05, 0) is 30.7 Å². The maximum Gasteiger partial charge on any atom is 0.333 e. The third kappa shape index (κ3) is 4.57. The molecule has 0 aliphatic rings. The number of rotatable bonds is 8. The fourth-order valence-electron chi connectivity index (χ4n) is 3.59. The summed E-state index contributed by atoms with van der Waals surface area (Å²) in [6.07, 6.45) is 6.48. The van der Waals surface area contributed by atoms with E-state index in [1.165, 1.54) is 36.8 Å². The van der Waals surface area contributed by atoms with Crippen LogP contribution in [-0.4, -0.2) is 38.3 Å². The molecule has 0 spiro atoms.